The molecule has 1 saturated heterocycles. The lowest BCUT2D eigenvalue weighted by molar-refractivity contribution is 0.578. The lowest BCUT2D eigenvalue weighted by Gasteiger charge is -2.29. The van der Waals surface area contributed by atoms with E-state index in [2.05, 4.69) is 26.4 Å². The SMILES string of the molecule is Cc1cccc(-n2nc(C)cc2N2CCNCC2)n1. The number of hydrogen-bond acceptors (Lipinski definition) is 4. The Morgan fingerprint density at radius 1 is 1.11 bits per heavy atom. The van der Waals surface area contributed by atoms with Crippen LogP contribution in [-0.4, -0.2) is 40.9 Å². The van der Waals surface area contributed by atoms with Crippen LogP contribution in [0.5, 0.6) is 0 Å². The topological polar surface area (TPSA) is 46.0 Å². The van der Waals surface area contributed by atoms with Gasteiger partial charge >= 0.3 is 0 Å². The van der Waals surface area contributed by atoms with Crippen LogP contribution in [0.25, 0.3) is 5.82 Å². The molecule has 2 aromatic heterocycles. The molecule has 0 saturated carbocycles. The fourth-order valence-corrected chi connectivity index (χ4v) is 2.42. The Balaban J connectivity index is 2.01. The molecule has 1 fully saturated rings. The summed E-state index contributed by atoms with van der Waals surface area (Å²) in [6, 6.07) is 8.17. The Morgan fingerprint density at radius 2 is 1.89 bits per heavy atom. The largest absolute Gasteiger partial charge is 0.354 e. The maximum absolute atomic E-state index is 4.59. The molecule has 0 atom stereocenters. The first-order chi connectivity index (χ1) is 9.24. The highest BCUT2D eigenvalue weighted by Crippen LogP contribution is 2.20. The van der Waals surface area contributed by atoms with Gasteiger partial charge in [-0.3, -0.25) is 0 Å². The van der Waals surface area contributed by atoms with Gasteiger partial charge in [0.2, 0.25) is 0 Å². The quantitative estimate of drug-likeness (QED) is 0.880. The zero-order chi connectivity index (χ0) is 13.2. The summed E-state index contributed by atoms with van der Waals surface area (Å²) in [6.07, 6.45) is 0. The van der Waals surface area contributed by atoms with Crippen LogP contribution in [0.15, 0.2) is 24.3 Å². The lowest BCUT2D eigenvalue weighted by atomic mass is 10.3. The minimum absolute atomic E-state index is 0.890. The van der Waals surface area contributed by atoms with Crippen LogP contribution in [0.4, 0.5) is 5.82 Å². The maximum atomic E-state index is 4.59. The second kappa shape index (κ2) is 5.01. The number of hydrogen-bond donors (Lipinski definition) is 1. The van der Waals surface area contributed by atoms with E-state index in [0.29, 0.717) is 0 Å². The number of aryl methyl sites for hydroxylation is 2. The van der Waals surface area contributed by atoms with Crippen molar-refractivity contribution < 1.29 is 0 Å². The number of pyridine rings is 1. The van der Waals surface area contributed by atoms with Gasteiger partial charge in [-0.25, -0.2) is 4.98 Å². The summed E-state index contributed by atoms with van der Waals surface area (Å²) in [4.78, 5) is 6.93. The summed E-state index contributed by atoms with van der Waals surface area (Å²) in [6.45, 7) is 8.09. The molecule has 5 heteroatoms. The predicted octanol–water partition coefficient (Wildman–Crippen LogP) is 1.29. The molecule has 1 aliphatic rings. The molecule has 0 aromatic carbocycles. The average Bonchev–Trinajstić information content (AvgIpc) is 2.82. The van der Waals surface area contributed by atoms with E-state index in [4.69, 9.17) is 0 Å². The number of aromatic nitrogens is 3. The van der Waals surface area contributed by atoms with Gasteiger partial charge in [0, 0.05) is 37.9 Å². The van der Waals surface area contributed by atoms with Gasteiger partial charge in [-0.05, 0) is 26.0 Å². The Bertz CT molecular complexity index is 569. The predicted molar refractivity (Wildman–Crippen MR) is 75.9 cm³/mol. The average molecular weight is 257 g/mol. The monoisotopic (exact) mass is 257 g/mol. The fourth-order valence-electron chi connectivity index (χ4n) is 2.42. The van der Waals surface area contributed by atoms with Crippen molar-refractivity contribution in [3.63, 3.8) is 0 Å². The first kappa shape index (κ1) is 12.2. The lowest BCUT2D eigenvalue weighted by Crippen LogP contribution is -2.44. The van der Waals surface area contributed by atoms with Crippen LogP contribution < -0.4 is 10.2 Å². The number of piperazine rings is 1. The van der Waals surface area contributed by atoms with Crippen molar-refractivity contribution in [3.05, 3.63) is 35.7 Å². The third kappa shape index (κ3) is 2.46. The second-order valence-corrected chi connectivity index (χ2v) is 4.93. The number of nitrogens with one attached hydrogen (secondary N) is 1. The number of nitrogens with zero attached hydrogens (tertiary/aromatic N) is 4. The van der Waals surface area contributed by atoms with Crippen LogP contribution in [0.3, 0.4) is 0 Å². The molecule has 0 unspecified atom stereocenters. The summed E-state index contributed by atoms with van der Waals surface area (Å²) >= 11 is 0. The molecule has 3 rings (SSSR count). The van der Waals surface area contributed by atoms with Crippen molar-refractivity contribution in [1.82, 2.24) is 20.1 Å². The van der Waals surface area contributed by atoms with Crippen molar-refractivity contribution in [2.75, 3.05) is 31.1 Å². The zero-order valence-corrected chi connectivity index (χ0v) is 11.4. The Hall–Kier alpha value is -1.88. The second-order valence-electron chi connectivity index (χ2n) is 4.93. The summed E-state index contributed by atoms with van der Waals surface area (Å²) < 4.78 is 1.95. The minimum atomic E-state index is 0.890. The van der Waals surface area contributed by atoms with E-state index >= 15 is 0 Å². The molecular weight excluding hydrogens is 238 g/mol. The van der Waals surface area contributed by atoms with Crippen LogP contribution in [0, 0.1) is 13.8 Å². The van der Waals surface area contributed by atoms with E-state index in [1.165, 1.54) is 0 Å². The molecule has 0 spiro atoms. The maximum Gasteiger partial charge on any atom is 0.155 e. The fraction of sp³-hybridized carbons (Fsp3) is 0.429. The highest BCUT2D eigenvalue weighted by Gasteiger charge is 2.17. The van der Waals surface area contributed by atoms with E-state index in [0.717, 1.165) is 49.2 Å². The van der Waals surface area contributed by atoms with Crippen LogP contribution in [0.2, 0.25) is 0 Å². The van der Waals surface area contributed by atoms with E-state index in [1.807, 2.05) is 36.7 Å². The first-order valence-electron chi connectivity index (χ1n) is 6.70. The summed E-state index contributed by atoms with van der Waals surface area (Å²) in [5, 5.41) is 7.96. The molecule has 2 aromatic rings. The van der Waals surface area contributed by atoms with Gasteiger partial charge in [-0.1, -0.05) is 6.07 Å². The van der Waals surface area contributed by atoms with Crippen molar-refractivity contribution in [1.29, 1.82) is 0 Å². The molecule has 0 bridgehead atoms. The third-order valence-electron chi connectivity index (χ3n) is 3.34. The Kier molecular flexibility index (Phi) is 3.21. The molecule has 100 valence electrons. The van der Waals surface area contributed by atoms with Crippen LogP contribution in [-0.2, 0) is 0 Å². The van der Waals surface area contributed by atoms with Crippen LogP contribution >= 0.6 is 0 Å². The minimum Gasteiger partial charge on any atom is -0.354 e. The summed E-state index contributed by atoms with van der Waals surface area (Å²) in [5.74, 6) is 2.03. The first-order valence-corrected chi connectivity index (χ1v) is 6.70. The smallest absolute Gasteiger partial charge is 0.155 e. The van der Waals surface area contributed by atoms with E-state index in [-0.39, 0.29) is 0 Å². The molecule has 1 aliphatic heterocycles. The summed E-state index contributed by atoms with van der Waals surface area (Å²) in [7, 11) is 0. The molecule has 19 heavy (non-hydrogen) atoms. The van der Waals surface area contributed by atoms with Gasteiger partial charge in [0.25, 0.3) is 0 Å². The Morgan fingerprint density at radius 3 is 2.63 bits per heavy atom. The van der Waals surface area contributed by atoms with Crippen molar-refractivity contribution in [2.45, 2.75) is 13.8 Å². The molecule has 0 amide bonds. The van der Waals surface area contributed by atoms with E-state index in [1.54, 1.807) is 0 Å². The molecular formula is C14H19N5. The molecule has 5 nitrogen and oxygen atoms in total. The van der Waals surface area contributed by atoms with Crippen molar-refractivity contribution in [2.24, 2.45) is 0 Å². The molecule has 1 N–H and O–H groups in total. The van der Waals surface area contributed by atoms with Gasteiger partial charge in [0.05, 0.1) is 5.69 Å². The highest BCUT2D eigenvalue weighted by atomic mass is 15.4. The third-order valence-corrected chi connectivity index (χ3v) is 3.34. The normalized spacial score (nSPS) is 15.8. The zero-order valence-electron chi connectivity index (χ0n) is 11.4. The Labute approximate surface area is 113 Å². The van der Waals surface area contributed by atoms with Gasteiger partial charge in [-0.15, -0.1) is 0 Å². The van der Waals surface area contributed by atoms with Gasteiger partial charge in [0.1, 0.15) is 5.82 Å². The number of rotatable bonds is 2. The van der Waals surface area contributed by atoms with Crippen LogP contribution in [0.1, 0.15) is 11.4 Å². The summed E-state index contributed by atoms with van der Waals surface area (Å²) in [5.41, 5.74) is 2.04. The number of anilines is 1. The highest BCUT2D eigenvalue weighted by molar-refractivity contribution is 5.46. The van der Waals surface area contributed by atoms with Gasteiger partial charge in [0.15, 0.2) is 5.82 Å². The van der Waals surface area contributed by atoms with E-state index < -0.39 is 0 Å². The van der Waals surface area contributed by atoms with Crippen molar-refractivity contribution >= 4 is 5.82 Å². The van der Waals surface area contributed by atoms with E-state index in [9.17, 15) is 0 Å². The van der Waals surface area contributed by atoms with Gasteiger partial charge in [-0.2, -0.15) is 9.78 Å². The van der Waals surface area contributed by atoms with Crippen molar-refractivity contribution in [3.8, 4) is 5.82 Å². The van der Waals surface area contributed by atoms with Gasteiger partial charge < -0.3 is 10.2 Å². The molecule has 0 radical (unpaired) electrons. The molecule has 0 aliphatic carbocycles. The molecule has 3 heterocycles. The standard InChI is InChI=1S/C14H19N5/c1-11-4-3-5-13(16-11)19-14(10-12(2)17-19)18-8-6-15-7-9-18/h3-5,10,15H,6-9H2,1-2H3.